The van der Waals surface area contributed by atoms with Crippen LogP contribution in [0.2, 0.25) is 0 Å². The maximum atomic E-state index is 11.0. The van der Waals surface area contributed by atoms with Gasteiger partial charge in [-0.1, -0.05) is 13.8 Å². The molecule has 1 N–H and O–H groups in total. The number of rotatable bonds is 3. The first kappa shape index (κ1) is 9.71. The number of carbonyl (C=O) groups excluding carboxylic acids is 1. The van der Waals surface area contributed by atoms with Gasteiger partial charge in [0.1, 0.15) is 0 Å². The smallest absolute Gasteiger partial charge is 0.224 e. The van der Waals surface area contributed by atoms with Gasteiger partial charge in [-0.25, -0.2) is 0 Å². The van der Waals surface area contributed by atoms with Crippen LogP contribution in [-0.4, -0.2) is 10.9 Å². The Hall–Kier alpha value is -1.38. The van der Waals surface area contributed by atoms with Crippen molar-refractivity contribution in [3.05, 3.63) is 24.0 Å². The second-order valence-corrected chi connectivity index (χ2v) is 2.84. The molecule has 0 aliphatic carbocycles. The van der Waals surface area contributed by atoms with Crippen LogP contribution < -0.4 is 5.32 Å². The summed E-state index contributed by atoms with van der Waals surface area (Å²) in [5, 5.41) is 2.76. The Kier molecular flexibility index (Phi) is 3.43. The fourth-order valence-corrected chi connectivity index (χ4v) is 0.999. The summed E-state index contributed by atoms with van der Waals surface area (Å²) in [6.45, 7) is 3.88. The lowest BCUT2D eigenvalue weighted by Gasteiger charge is -2.03. The number of anilines is 1. The molecule has 0 aliphatic heterocycles. The highest BCUT2D eigenvalue weighted by atomic mass is 16.1. The predicted octanol–water partition coefficient (Wildman–Crippen LogP) is 1.99. The van der Waals surface area contributed by atoms with E-state index in [1.54, 1.807) is 6.20 Å². The lowest BCUT2D eigenvalue weighted by molar-refractivity contribution is -0.115. The van der Waals surface area contributed by atoms with Crippen molar-refractivity contribution < 1.29 is 4.79 Å². The van der Waals surface area contributed by atoms with Crippen LogP contribution in [0, 0.1) is 0 Å². The van der Waals surface area contributed by atoms with Gasteiger partial charge >= 0.3 is 0 Å². The zero-order valence-corrected chi connectivity index (χ0v) is 8.00. The molecule has 0 unspecified atom stereocenters. The number of amides is 1. The van der Waals surface area contributed by atoms with Gasteiger partial charge in [-0.15, -0.1) is 0 Å². The Morgan fingerprint density at radius 2 is 2.23 bits per heavy atom. The molecule has 70 valence electrons. The molecule has 1 aromatic heterocycles. The number of nitrogens with zero attached hydrogens (tertiary/aromatic N) is 1. The molecule has 3 heteroatoms. The van der Waals surface area contributed by atoms with Crippen molar-refractivity contribution >= 4 is 11.6 Å². The third-order valence-corrected chi connectivity index (χ3v) is 1.81. The third kappa shape index (κ3) is 2.86. The van der Waals surface area contributed by atoms with E-state index in [2.05, 4.69) is 17.2 Å². The summed E-state index contributed by atoms with van der Waals surface area (Å²) in [5.74, 6) is 0.0232. The van der Waals surface area contributed by atoms with Crippen molar-refractivity contribution in [1.29, 1.82) is 0 Å². The number of aryl methyl sites for hydroxylation is 1. The molecule has 3 nitrogen and oxygen atoms in total. The van der Waals surface area contributed by atoms with Crippen LogP contribution in [0.1, 0.15) is 25.8 Å². The maximum Gasteiger partial charge on any atom is 0.224 e. The maximum absolute atomic E-state index is 11.0. The molecule has 0 aromatic carbocycles. The van der Waals surface area contributed by atoms with Gasteiger partial charge in [0.25, 0.3) is 0 Å². The normalized spacial score (nSPS) is 9.69. The first-order valence-electron chi connectivity index (χ1n) is 4.50. The summed E-state index contributed by atoms with van der Waals surface area (Å²) in [5.41, 5.74) is 1.92. The van der Waals surface area contributed by atoms with E-state index in [0.717, 1.165) is 17.7 Å². The Balaban J connectivity index is 2.71. The van der Waals surface area contributed by atoms with E-state index < -0.39 is 0 Å². The third-order valence-electron chi connectivity index (χ3n) is 1.81. The fourth-order valence-electron chi connectivity index (χ4n) is 0.999. The van der Waals surface area contributed by atoms with Crippen molar-refractivity contribution in [1.82, 2.24) is 4.98 Å². The average molecular weight is 178 g/mol. The SMILES string of the molecule is CCC(=O)Nc1cncc(CC)c1. The van der Waals surface area contributed by atoms with E-state index in [1.807, 2.05) is 19.2 Å². The van der Waals surface area contributed by atoms with Crippen LogP contribution in [-0.2, 0) is 11.2 Å². The quantitative estimate of drug-likeness (QED) is 0.769. The van der Waals surface area contributed by atoms with E-state index in [1.165, 1.54) is 0 Å². The summed E-state index contributed by atoms with van der Waals surface area (Å²) in [4.78, 5) is 15.1. The highest BCUT2D eigenvalue weighted by molar-refractivity contribution is 5.90. The number of nitrogens with one attached hydrogen (secondary N) is 1. The number of carbonyl (C=O) groups is 1. The summed E-state index contributed by atoms with van der Waals surface area (Å²) >= 11 is 0. The largest absolute Gasteiger partial charge is 0.325 e. The Morgan fingerprint density at radius 3 is 2.85 bits per heavy atom. The van der Waals surface area contributed by atoms with Crippen molar-refractivity contribution in [3.8, 4) is 0 Å². The van der Waals surface area contributed by atoms with E-state index in [4.69, 9.17) is 0 Å². The van der Waals surface area contributed by atoms with Crippen LogP contribution in [0.15, 0.2) is 18.5 Å². The zero-order valence-electron chi connectivity index (χ0n) is 8.00. The van der Waals surface area contributed by atoms with Gasteiger partial charge in [-0.3, -0.25) is 9.78 Å². The van der Waals surface area contributed by atoms with Crippen LogP contribution >= 0.6 is 0 Å². The first-order valence-corrected chi connectivity index (χ1v) is 4.50. The van der Waals surface area contributed by atoms with E-state index >= 15 is 0 Å². The fraction of sp³-hybridized carbons (Fsp3) is 0.400. The van der Waals surface area contributed by atoms with Gasteiger partial charge in [-0.2, -0.15) is 0 Å². The van der Waals surface area contributed by atoms with Gasteiger partial charge in [-0.05, 0) is 18.1 Å². The average Bonchev–Trinajstić information content (AvgIpc) is 2.18. The van der Waals surface area contributed by atoms with Gasteiger partial charge in [0.2, 0.25) is 5.91 Å². The molecule has 0 fully saturated rings. The van der Waals surface area contributed by atoms with Crippen molar-refractivity contribution in [2.24, 2.45) is 0 Å². The number of aromatic nitrogens is 1. The molecule has 0 spiro atoms. The molecule has 0 bridgehead atoms. The van der Waals surface area contributed by atoms with Crippen molar-refractivity contribution in [2.45, 2.75) is 26.7 Å². The summed E-state index contributed by atoms with van der Waals surface area (Å²) < 4.78 is 0. The van der Waals surface area contributed by atoms with E-state index in [9.17, 15) is 4.79 Å². The molecular weight excluding hydrogens is 164 g/mol. The lowest BCUT2D eigenvalue weighted by atomic mass is 10.2. The molecular formula is C10H14N2O. The van der Waals surface area contributed by atoms with E-state index in [-0.39, 0.29) is 5.91 Å². The second-order valence-electron chi connectivity index (χ2n) is 2.84. The monoisotopic (exact) mass is 178 g/mol. The molecule has 1 rings (SSSR count). The number of pyridine rings is 1. The standard InChI is InChI=1S/C10H14N2O/c1-3-8-5-9(7-11-6-8)12-10(13)4-2/h5-7H,3-4H2,1-2H3,(H,12,13). The highest BCUT2D eigenvalue weighted by Crippen LogP contribution is 2.08. The van der Waals surface area contributed by atoms with Gasteiger partial charge < -0.3 is 5.32 Å². The van der Waals surface area contributed by atoms with Crippen molar-refractivity contribution in [2.75, 3.05) is 5.32 Å². The molecule has 0 aliphatic rings. The summed E-state index contributed by atoms with van der Waals surface area (Å²) in [6.07, 6.45) is 4.90. The molecule has 1 heterocycles. The molecule has 0 radical (unpaired) electrons. The van der Waals surface area contributed by atoms with Crippen LogP contribution in [0.4, 0.5) is 5.69 Å². The van der Waals surface area contributed by atoms with Crippen LogP contribution in [0.5, 0.6) is 0 Å². The minimum atomic E-state index is 0.0232. The lowest BCUT2D eigenvalue weighted by Crippen LogP contribution is -2.09. The second kappa shape index (κ2) is 4.60. The minimum Gasteiger partial charge on any atom is -0.325 e. The Labute approximate surface area is 78.2 Å². The molecule has 0 atom stereocenters. The number of hydrogen-bond acceptors (Lipinski definition) is 2. The molecule has 0 saturated heterocycles. The highest BCUT2D eigenvalue weighted by Gasteiger charge is 1.99. The van der Waals surface area contributed by atoms with E-state index in [0.29, 0.717) is 6.42 Å². The molecule has 1 aromatic rings. The first-order chi connectivity index (χ1) is 6.26. The van der Waals surface area contributed by atoms with Gasteiger partial charge in [0, 0.05) is 12.6 Å². The van der Waals surface area contributed by atoms with Gasteiger partial charge in [0.05, 0.1) is 11.9 Å². The van der Waals surface area contributed by atoms with Gasteiger partial charge in [0.15, 0.2) is 0 Å². The summed E-state index contributed by atoms with van der Waals surface area (Å²) in [6, 6.07) is 1.94. The minimum absolute atomic E-state index is 0.0232. The van der Waals surface area contributed by atoms with Crippen molar-refractivity contribution in [3.63, 3.8) is 0 Å². The Bertz CT molecular complexity index is 297. The van der Waals surface area contributed by atoms with Crippen LogP contribution in [0.3, 0.4) is 0 Å². The Morgan fingerprint density at radius 1 is 1.46 bits per heavy atom. The topological polar surface area (TPSA) is 42.0 Å². The molecule has 0 saturated carbocycles. The number of hydrogen-bond donors (Lipinski definition) is 1. The molecule has 1 amide bonds. The predicted molar refractivity (Wildman–Crippen MR) is 52.5 cm³/mol. The molecule has 13 heavy (non-hydrogen) atoms. The summed E-state index contributed by atoms with van der Waals surface area (Å²) in [7, 11) is 0. The van der Waals surface area contributed by atoms with Crippen LogP contribution in [0.25, 0.3) is 0 Å². The zero-order chi connectivity index (χ0) is 9.68.